The van der Waals surface area contributed by atoms with Gasteiger partial charge in [0.2, 0.25) is 0 Å². The normalized spacial score (nSPS) is 12.0. The molecule has 1 atom stereocenters. The Morgan fingerprint density at radius 1 is 0.824 bits per heavy atom. The highest BCUT2D eigenvalue weighted by molar-refractivity contribution is 5.96. The molecule has 0 spiro atoms. The summed E-state index contributed by atoms with van der Waals surface area (Å²) in [5.74, 6) is -1.50. The minimum Gasteiger partial charge on any atom is -0.464 e. The third-order valence-electron chi connectivity index (χ3n) is 6.29. The van der Waals surface area contributed by atoms with E-state index in [4.69, 9.17) is 4.74 Å². The van der Waals surface area contributed by atoms with Crippen LogP contribution in [0.2, 0.25) is 0 Å². The van der Waals surface area contributed by atoms with E-state index in [0.717, 1.165) is 18.9 Å². The fourth-order valence-electron chi connectivity index (χ4n) is 4.09. The van der Waals surface area contributed by atoms with E-state index in [0.29, 0.717) is 6.61 Å². The molecule has 1 amide bonds. The standard InChI is InChI=1S/C29H48FNO3/c1-4-5-6-7-8-9-10-11-12-13-14-15-16-17-18-22-34-29(33)27(24(2)3)31-28(32)25-20-19-21-26(30)23-25/h19-21,23-24,27H,4-18,22H2,1-3H3,(H,31,32). The number of esters is 1. The molecule has 4 nitrogen and oxygen atoms in total. The molecular formula is C29H48FNO3. The SMILES string of the molecule is CCCCCCCCCCCCCCCCCOC(=O)C(NC(=O)c1cccc(F)c1)C(C)C. The molecule has 0 fully saturated rings. The molecule has 194 valence electrons. The van der Waals surface area contributed by atoms with Crippen molar-refractivity contribution in [2.45, 2.75) is 123 Å². The highest BCUT2D eigenvalue weighted by Crippen LogP contribution is 2.14. The van der Waals surface area contributed by atoms with E-state index in [1.807, 2.05) is 13.8 Å². The Morgan fingerprint density at radius 3 is 1.79 bits per heavy atom. The fourth-order valence-corrected chi connectivity index (χ4v) is 4.09. The zero-order valence-electron chi connectivity index (χ0n) is 21.9. The van der Waals surface area contributed by atoms with Crippen molar-refractivity contribution in [3.8, 4) is 0 Å². The van der Waals surface area contributed by atoms with Crippen LogP contribution >= 0.6 is 0 Å². The topological polar surface area (TPSA) is 55.4 Å². The lowest BCUT2D eigenvalue weighted by Gasteiger charge is -2.21. The monoisotopic (exact) mass is 477 g/mol. The van der Waals surface area contributed by atoms with E-state index in [1.165, 1.54) is 102 Å². The van der Waals surface area contributed by atoms with Gasteiger partial charge in [0.15, 0.2) is 0 Å². The maximum Gasteiger partial charge on any atom is 0.328 e. The number of nitrogens with one attached hydrogen (secondary N) is 1. The van der Waals surface area contributed by atoms with Crippen LogP contribution in [0.25, 0.3) is 0 Å². The summed E-state index contributed by atoms with van der Waals surface area (Å²) in [5, 5.41) is 2.68. The van der Waals surface area contributed by atoms with Crippen molar-refractivity contribution in [2.75, 3.05) is 6.61 Å². The molecule has 0 bridgehead atoms. The van der Waals surface area contributed by atoms with E-state index in [2.05, 4.69) is 12.2 Å². The van der Waals surface area contributed by atoms with Gasteiger partial charge in [-0.2, -0.15) is 0 Å². The third-order valence-corrected chi connectivity index (χ3v) is 6.29. The maximum atomic E-state index is 13.4. The minimum atomic E-state index is -0.743. The lowest BCUT2D eigenvalue weighted by molar-refractivity contribution is -0.147. The lowest BCUT2D eigenvalue weighted by atomic mass is 10.0. The van der Waals surface area contributed by atoms with Crippen molar-refractivity contribution in [3.63, 3.8) is 0 Å². The molecule has 0 aliphatic carbocycles. The summed E-state index contributed by atoms with van der Waals surface area (Å²) in [5.41, 5.74) is 0.195. The number of carbonyl (C=O) groups excluding carboxylic acids is 2. The Balaban J connectivity index is 2.05. The van der Waals surface area contributed by atoms with Gasteiger partial charge in [-0.25, -0.2) is 9.18 Å². The fraction of sp³-hybridized carbons (Fsp3) is 0.724. The molecule has 1 aromatic carbocycles. The van der Waals surface area contributed by atoms with Crippen molar-refractivity contribution < 1.29 is 18.7 Å². The molecule has 1 rings (SSSR count). The van der Waals surface area contributed by atoms with Crippen LogP contribution in [0.3, 0.4) is 0 Å². The average Bonchev–Trinajstić information content (AvgIpc) is 2.81. The van der Waals surface area contributed by atoms with Crippen LogP contribution in [0.1, 0.15) is 127 Å². The van der Waals surface area contributed by atoms with Crippen molar-refractivity contribution >= 4 is 11.9 Å². The Labute approximate surface area is 207 Å². The molecule has 1 N–H and O–H groups in total. The molecule has 0 aliphatic heterocycles. The van der Waals surface area contributed by atoms with E-state index in [9.17, 15) is 14.0 Å². The zero-order chi connectivity index (χ0) is 25.0. The Morgan fingerprint density at radius 2 is 1.32 bits per heavy atom. The van der Waals surface area contributed by atoms with Crippen molar-refractivity contribution in [3.05, 3.63) is 35.6 Å². The van der Waals surface area contributed by atoms with Crippen LogP contribution in [-0.4, -0.2) is 24.5 Å². The van der Waals surface area contributed by atoms with Gasteiger partial charge in [-0.3, -0.25) is 4.79 Å². The first-order valence-electron chi connectivity index (χ1n) is 13.7. The number of unbranched alkanes of at least 4 members (excludes halogenated alkanes) is 14. The van der Waals surface area contributed by atoms with Gasteiger partial charge in [-0.05, 0) is 30.5 Å². The number of hydrogen-bond acceptors (Lipinski definition) is 3. The summed E-state index contributed by atoms with van der Waals surface area (Å²) < 4.78 is 18.8. The van der Waals surface area contributed by atoms with Gasteiger partial charge in [0.1, 0.15) is 11.9 Å². The summed E-state index contributed by atoms with van der Waals surface area (Å²) in [4.78, 5) is 24.8. The lowest BCUT2D eigenvalue weighted by Crippen LogP contribution is -2.45. The smallest absolute Gasteiger partial charge is 0.328 e. The predicted molar refractivity (Wildman–Crippen MR) is 138 cm³/mol. The van der Waals surface area contributed by atoms with Crippen LogP contribution in [0.5, 0.6) is 0 Å². The number of rotatable bonds is 20. The van der Waals surface area contributed by atoms with Gasteiger partial charge < -0.3 is 10.1 Å². The summed E-state index contributed by atoms with van der Waals surface area (Å²) >= 11 is 0. The minimum absolute atomic E-state index is 0.119. The third kappa shape index (κ3) is 14.4. The van der Waals surface area contributed by atoms with Crippen molar-refractivity contribution in [1.29, 1.82) is 0 Å². The van der Waals surface area contributed by atoms with Crippen molar-refractivity contribution in [2.24, 2.45) is 5.92 Å². The zero-order valence-corrected chi connectivity index (χ0v) is 21.9. The molecule has 0 aliphatic rings. The first kappa shape index (κ1) is 30.1. The molecule has 0 heterocycles. The van der Waals surface area contributed by atoms with Gasteiger partial charge in [0, 0.05) is 5.56 Å². The number of benzene rings is 1. The first-order valence-corrected chi connectivity index (χ1v) is 13.7. The van der Waals surface area contributed by atoms with Gasteiger partial charge >= 0.3 is 5.97 Å². The second kappa shape index (κ2) is 19.4. The van der Waals surface area contributed by atoms with Crippen LogP contribution in [-0.2, 0) is 9.53 Å². The molecular weight excluding hydrogens is 429 g/mol. The van der Waals surface area contributed by atoms with Crippen LogP contribution in [0.4, 0.5) is 4.39 Å². The van der Waals surface area contributed by atoms with Gasteiger partial charge in [-0.15, -0.1) is 0 Å². The van der Waals surface area contributed by atoms with E-state index < -0.39 is 23.7 Å². The molecule has 0 radical (unpaired) electrons. The van der Waals surface area contributed by atoms with Crippen LogP contribution < -0.4 is 5.32 Å². The number of amides is 1. The maximum absolute atomic E-state index is 13.4. The summed E-state index contributed by atoms with van der Waals surface area (Å²) in [6.45, 7) is 6.34. The Bertz CT molecular complexity index is 677. The largest absolute Gasteiger partial charge is 0.464 e. The molecule has 1 aromatic rings. The molecule has 0 saturated heterocycles. The van der Waals surface area contributed by atoms with E-state index in [1.54, 1.807) is 0 Å². The van der Waals surface area contributed by atoms with Gasteiger partial charge in [0.25, 0.3) is 5.91 Å². The quantitative estimate of drug-likeness (QED) is 0.153. The van der Waals surface area contributed by atoms with E-state index in [-0.39, 0.29) is 11.5 Å². The molecule has 0 saturated carbocycles. The highest BCUT2D eigenvalue weighted by atomic mass is 19.1. The number of carbonyl (C=O) groups is 2. The number of hydrogen-bond donors (Lipinski definition) is 1. The summed E-state index contributed by atoms with van der Waals surface area (Å²) in [7, 11) is 0. The first-order chi connectivity index (χ1) is 16.5. The number of halogens is 1. The van der Waals surface area contributed by atoms with Gasteiger partial charge in [-0.1, -0.05) is 117 Å². The second-order valence-corrected chi connectivity index (χ2v) is 9.82. The summed E-state index contributed by atoms with van der Waals surface area (Å²) in [6, 6.07) is 4.70. The average molecular weight is 478 g/mol. The van der Waals surface area contributed by atoms with Gasteiger partial charge in [0.05, 0.1) is 6.61 Å². The summed E-state index contributed by atoms with van der Waals surface area (Å²) in [6.07, 6.45) is 19.3. The Kier molecular flexibility index (Phi) is 17.2. The molecule has 5 heteroatoms. The predicted octanol–water partition coefficient (Wildman–Crippen LogP) is 7.99. The molecule has 1 unspecified atom stereocenters. The number of ether oxygens (including phenoxy) is 1. The van der Waals surface area contributed by atoms with E-state index >= 15 is 0 Å². The van der Waals surface area contributed by atoms with Crippen LogP contribution in [0, 0.1) is 11.7 Å². The van der Waals surface area contributed by atoms with Crippen LogP contribution in [0.15, 0.2) is 24.3 Å². The Hall–Kier alpha value is -1.91. The molecule has 34 heavy (non-hydrogen) atoms. The second-order valence-electron chi connectivity index (χ2n) is 9.82. The highest BCUT2D eigenvalue weighted by Gasteiger charge is 2.26. The van der Waals surface area contributed by atoms with Crippen molar-refractivity contribution in [1.82, 2.24) is 5.32 Å². The molecule has 0 aromatic heterocycles.